The summed E-state index contributed by atoms with van der Waals surface area (Å²) >= 11 is 0. The molecule has 0 saturated heterocycles. The molecular weight excluding hydrogens is 701 g/mol. The van der Waals surface area contributed by atoms with Crippen molar-refractivity contribution in [3.63, 3.8) is 0 Å². The van der Waals surface area contributed by atoms with Crippen molar-refractivity contribution in [1.82, 2.24) is 0 Å². The zero-order chi connectivity index (χ0) is 39.2. The Labute approximate surface area is 334 Å². The van der Waals surface area contributed by atoms with Crippen LogP contribution in [0.1, 0.15) is 33.4 Å². The van der Waals surface area contributed by atoms with Crippen molar-refractivity contribution in [2.45, 2.75) is 47.3 Å². The topological polar surface area (TPSA) is 47.9 Å². The van der Waals surface area contributed by atoms with Gasteiger partial charge in [0.1, 0.15) is 23.9 Å². The highest BCUT2D eigenvalue weighted by Crippen LogP contribution is 2.48. The van der Waals surface area contributed by atoms with E-state index >= 15 is 0 Å². The second kappa shape index (κ2) is 14.9. The van der Waals surface area contributed by atoms with Crippen LogP contribution in [0.15, 0.2) is 140 Å². The van der Waals surface area contributed by atoms with Crippen LogP contribution in [-0.2, 0) is 11.3 Å². The fourth-order valence-corrected chi connectivity index (χ4v) is 8.59. The molecule has 8 aromatic rings. The first-order valence-corrected chi connectivity index (χ1v) is 19.8. The molecule has 4 heteroatoms. The summed E-state index contributed by atoms with van der Waals surface area (Å²) in [5, 5.41) is 16.7. The largest absolute Gasteiger partial charge is 0.507 e. The minimum absolute atomic E-state index is 0.265. The molecule has 0 aromatic heterocycles. The SMILES string of the molecule is Cc1ccc2c(c1)-c1cc(C)cc(-c3c(C)ccc4ccccc34)c1OC(COCc1ccccc1-c1cc(C)cc(-c3c(C)ccc4ccccc34)c1O)CO2. The van der Waals surface area contributed by atoms with Gasteiger partial charge in [-0.05, 0) is 137 Å². The summed E-state index contributed by atoms with van der Waals surface area (Å²) in [5.41, 5.74) is 14.5. The molecule has 4 nitrogen and oxygen atoms in total. The fraction of sp³-hybridized carbons (Fsp3) is 0.170. The molecule has 0 spiro atoms. The summed E-state index contributed by atoms with van der Waals surface area (Å²) in [4.78, 5) is 0. The molecule has 0 aliphatic carbocycles. The third-order valence-electron chi connectivity index (χ3n) is 11.3. The first-order valence-electron chi connectivity index (χ1n) is 19.8. The average Bonchev–Trinajstić information content (AvgIpc) is 3.21. The second-order valence-electron chi connectivity index (χ2n) is 15.6. The number of ether oxygens (including phenoxy) is 3. The fourth-order valence-electron chi connectivity index (χ4n) is 8.59. The van der Waals surface area contributed by atoms with E-state index in [0.29, 0.717) is 19.8 Å². The molecule has 8 aromatic carbocycles. The highest BCUT2D eigenvalue weighted by Gasteiger charge is 2.27. The number of fused-ring (bicyclic) bond motifs is 5. The Bertz CT molecular complexity index is 2830. The van der Waals surface area contributed by atoms with Gasteiger partial charge in [0, 0.05) is 27.8 Å². The van der Waals surface area contributed by atoms with Gasteiger partial charge in [0.2, 0.25) is 0 Å². The predicted octanol–water partition coefficient (Wildman–Crippen LogP) is 13.3. The van der Waals surface area contributed by atoms with E-state index < -0.39 is 6.10 Å². The van der Waals surface area contributed by atoms with E-state index in [1.54, 1.807) is 0 Å². The molecule has 1 aliphatic rings. The maximum atomic E-state index is 12.1. The van der Waals surface area contributed by atoms with E-state index in [9.17, 15) is 5.11 Å². The van der Waals surface area contributed by atoms with Crippen LogP contribution < -0.4 is 9.47 Å². The normalized spacial score (nSPS) is 13.7. The van der Waals surface area contributed by atoms with Crippen LogP contribution in [0.4, 0.5) is 0 Å². The van der Waals surface area contributed by atoms with Gasteiger partial charge < -0.3 is 19.3 Å². The van der Waals surface area contributed by atoms with Crippen LogP contribution in [0, 0.1) is 34.6 Å². The van der Waals surface area contributed by atoms with Gasteiger partial charge in [-0.15, -0.1) is 0 Å². The number of phenolic OH excluding ortho intramolecular Hbond substituents is 1. The maximum absolute atomic E-state index is 12.1. The molecule has 1 unspecified atom stereocenters. The van der Waals surface area contributed by atoms with E-state index in [-0.39, 0.29) is 5.75 Å². The van der Waals surface area contributed by atoms with Crippen LogP contribution in [0.25, 0.3) is 66.1 Å². The van der Waals surface area contributed by atoms with Gasteiger partial charge in [0.05, 0.1) is 13.2 Å². The maximum Gasteiger partial charge on any atom is 0.156 e. The first-order chi connectivity index (χ1) is 27.7. The van der Waals surface area contributed by atoms with Crippen molar-refractivity contribution >= 4 is 21.5 Å². The molecule has 0 radical (unpaired) electrons. The highest BCUT2D eigenvalue weighted by atomic mass is 16.6. The van der Waals surface area contributed by atoms with Gasteiger partial charge in [-0.25, -0.2) is 0 Å². The van der Waals surface area contributed by atoms with Crippen LogP contribution in [0.2, 0.25) is 0 Å². The summed E-state index contributed by atoms with van der Waals surface area (Å²) in [6.45, 7) is 11.6. The Hall–Kier alpha value is -6.36. The molecule has 0 amide bonds. The molecule has 1 atom stereocenters. The molecule has 9 rings (SSSR count). The first kappa shape index (κ1) is 36.3. The lowest BCUT2D eigenvalue weighted by molar-refractivity contribution is 0.0183. The van der Waals surface area contributed by atoms with Crippen LogP contribution >= 0.6 is 0 Å². The van der Waals surface area contributed by atoms with Gasteiger partial charge in [-0.1, -0.05) is 109 Å². The second-order valence-corrected chi connectivity index (χ2v) is 15.6. The van der Waals surface area contributed by atoms with E-state index in [0.717, 1.165) is 89.0 Å². The van der Waals surface area contributed by atoms with Crippen molar-refractivity contribution in [3.8, 4) is 61.8 Å². The molecule has 0 bridgehead atoms. The Balaban J connectivity index is 1.06. The monoisotopic (exact) mass is 746 g/mol. The Morgan fingerprint density at radius 1 is 0.544 bits per heavy atom. The summed E-state index contributed by atoms with van der Waals surface area (Å²) < 4.78 is 20.2. The average molecular weight is 747 g/mol. The standard InChI is InChI=1S/C53H46O4/c1-32-18-23-49-44(24-32)46-26-34(3)28-48(51-36(5)20-22-38-13-7-11-17-43(38)51)53(46)57-40(31-56-49)30-55-29-39-14-8-9-15-41(39)45-25-33(2)27-47(52(45)54)50-35(4)19-21-37-12-6-10-16-42(37)50/h6-28,40,54H,29-31H2,1-5H3. The molecule has 1 heterocycles. The number of benzene rings is 8. The number of rotatable bonds is 7. The molecule has 57 heavy (non-hydrogen) atoms. The minimum Gasteiger partial charge on any atom is -0.507 e. The minimum atomic E-state index is -0.393. The van der Waals surface area contributed by atoms with Gasteiger partial charge in [-0.2, -0.15) is 0 Å². The third-order valence-corrected chi connectivity index (χ3v) is 11.3. The van der Waals surface area contributed by atoms with Crippen LogP contribution in [0.3, 0.4) is 0 Å². The van der Waals surface area contributed by atoms with Crippen molar-refractivity contribution in [2.24, 2.45) is 0 Å². The number of hydrogen-bond acceptors (Lipinski definition) is 4. The van der Waals surface area contributed by atoms with Crippen molar-refractivity contribution < 1.29 is 19.3 Å². The number of hydrogen-bond donors (Lipinski definition) is 1. The molecule has 282 valence electrons. The lowest BCUT2D eigenvalue weighted by Crippen LogP contribution is -2.31. The number of phenols is 1. The van der Waals surface area contributed by atoms with E-state index in [2.05, 4.69) is 162 Å². The van der Waals surface area contributed by atoms with Crippen molar-refractivity contribution in [1.29, 1.82) is 0 Å². The quantitative estimate of drug-likeness (QED) is 0.176. The molecular formula is C53H46O4. The third kappa shape index (κ3) is 6.81. The highest BCUT2D eigenvalue weighted by molar-refractivity contribution is 6.02. The van der Waals surface area contributed by atoms with Crippen molar-refractivity contribution in [3.05, 3.63) is 173 Å². The Kier molecular flexibility index (Phi) is 9.52. The van der Waals surface area contributed by atoms with Gasteiger partial charge in [0.25, 0.3) is 0 Å². The van der Waals surface area contributed by atoms with E-state index in [4.69, 9.17) is 14.2 Å². The van der Waals surface area contributed by atoms with Crippen molar-refractivity contribution in [2.75, 3.05) is 13.2 Å². The molecule has 1 aliphatic heterocycles. The van der Waals surface area contributed by atoms with Crippen LogP contribution in [0.5, 0.6) is 17.2 Å². The molecule has 1 N–H and O–H groups in total. The number of aryl methyl sites for hydroxylation is 5. The van der Waals surface area contributed by atoms with E-state index in [1.165, 1.54) is 21.9 Å². The smallest absolute Gasteiger partial charge is 0.156 e. The summed E-state index contributed by atoms with van der Waals surface area (Å²) in [6.07, 6.45) is -0.393. The summed E-state index contributed by atoms with van der Waals surface area (Å²) in [6, 6.07) is 48.8. The van der Waals surface area contributed by atoms with Gasteiger partial charge >= 0.3 is 0 Å². The zero-order valence-electron chi connectivity index (χ0n) is 33.1. The molecule has 0 fully saturated rings. The predicted molar refractivity (Wildman–Crippen MR) is 235 cm³/mol. The zero-order valence-corrected chi connectivity index (χ0v) is 33.1. The molecule has 0 saturated carbocycles. The van der Waals surface area contributed by atoms with Gasteiger partial charge in [0.15, 0.2) is 6.10 Å². The van der Waals surface area contributed by atoms with Crippen LogP contribution in [-0.4, -0.2) is 24.4 Å². The lowest BCUT2D eigenvalue weighted by Gasteiger charge is -2.28. The number of aromatic hydroxyl groups is 1. The van der Waals surface area contributed by atoms with E-state index in [1.807, 2.05) is 12.1 Å². The Morgan fingerprint density at radius 2 is 1.12 bits per heavy atom. The summed E-state index contributed by atoms with van der Waals surface area (Å²) in [7, 11) is 0. The summed E-state index contributed by atoms with van der Waals surface area (Å²) in [5.74, 6) is 1.94. The lowest BCUT2D eigenvalue weighted by atomic mass is 9.88. The Morgan fingerprint density at radius 3 is 1.84 bits per heavy atom. The van der Waals surface area contributed by atoms with Gasteiger partial charge in [-0.3, -0.25) is 0 Å².